The molecule has 7 nitrogen and oxygen atoms in total. The van der Waals surface area contributed by atoms with Crippen LogP contribution in [0, 0.1) is 0 Å². The molecule has 178 valence electrons. The molecule has 0 spiro atoms. The van der Waals surface area contributed by atoms with Crippen molar-refractivity contribution in [2.45, 2.75) is 55.4 Å². The average molecular weight is 470 g/mol. The highest BCUT2D eigenvalue weighted by atomic mass is 32.2. The van der Waals surface area contributed by atoms with Crippen molar-refractivity contribution in [3.63, 3.8) is 0 Å². The summed E-state index contributed by atoms with van der Waals surface area (Å²) in [4.78, 5) is 21.1. The summed E-state index contributed by atoms with van der Waals surface area (Å²) in [5, 5.41) is 4.29. The second kappa shape index (κ2) is 11.2. The van der Waals surface area contributed by atoms with Crippen molar-refractivity contribution in [3.05, 3.63) is 36.0 Å². The maximum atomic E-state index is 8.58. The lowest BCUT2D eigenvalue weighted by atomic mass is 9.81. The van der Waals surface area contributed by atoms with Gasteiger partial charge in [0.25, 0.3) is 0 Å². The number of anilines is 2. The molecule has 5 rings (SSSR count). The van der Waals surface area contributed by atoms with Gasteiger partial charge in [0.15, 0.2) is 5.82 Å². The number of nitrogens with one attached hydrogen (secondary N) is 1. The number of ether oxygens (including phenoxy) is 1. The smallest absolute Gasteiger partial charge is 0.204 e. The first kappa shape index (κ1) is 23.8. The first-order chi connectivity index (χ1) is 16.2. The maximum Gasteiger partial charge on any atom is 0.204 e. The van der Waals surface area contributed by atoms with E-state index in [1.165, 1.54) is 37.8 Å². The zero-order valence-corrected chi connectivity index (χ0v) is 20.3. The lowest BCUT2D eigenvalue weighted by Gasteiger charge is -2.41. The van der Waals surface area contributed by atoms with Gasteiger partial charge in [-0.2, -0.15) is 0 Å². The number of rotatable bonds is 8. The standard InChI is InChI=1S/C24H32N4OS.CH3NO/c1-2-12-25-19-6-4-18(5-7-19)23-26-21(24(10-3-11-24)30-20-8-9-20)17-22(27-23)28-13-15-29-16-14-28;2-1-3/h4-7,17,20,25H,2-3,8-16H2,1H3;1H,(H2,2,3). The van der Waals surface area contributed by atoms with Gasteiger partial charge in [0, 0.05) is 42.2 Å². The molecule has 2 saturated carbocycles. The first-order valence-electron chi connectivity index (χ1n) is 12.1. The zero-order valence-electron chi connectivity index (χ0n) is 19.5. The van der Waals surface area contributed by atoms with Crippen molar-refractivity contribution in [1.82, 2.24) is 9.97 Å². The minimum Gasteiger partial charge on any atom is -0.385 e. The minimum atomic E-state index is 0.197. The summed E-state index contributed by atoms with van der Waals surface area (Å²) >= 11 is 2.18. The highest BCUT2D eigenvalue weighted by molar-refractivity contribution is 8.01. The van der Waals surface area contributed by atoms with Crippen molar-refractivity contribution < 1.29 is 9.53 Å². The molecule has 2 heterocycles. The van der Waals surface area contributed by atoms with Crippen molar-refractivity contribution in [2.75, 3.05) is 43.1 Å². The molecule has 1 saturated heterocycles. The number of carbonyl (C=O) groups excluding carboxylic acids is 1. The predicted octanol–water partition coefficient (Wildman–Crippen LogP) is 4.18. The number of hydrogen-bond acceptors (Lipinski definition) is 7. The lowest BCUT2D eigenvalue weighted by molar-refractivity contribution is -0.106. The SMILES string of the molecule is CCCNc1ccc(-c2nc(N3CCOCC3)cc(C3(SC4CC4)CCC3)n2)cc1.NC=O. The zero-order chi connectivity index (χ0) is 23.1. The summed E-state index contributed by atoms with van der Waals surface area (Å²) in [7, 11) is 0. The Hall–Kier alpha value is -2.32. The molecule has 1 aliphatic heterocycles. The van der Waals surface area contributed by atoms with Crippen LogP contribution < -0.4 is 16.0 Å². The van der Waals surface area contributed by atoms with E-state index in [0.717, 1.165) is 67.4 Å². The lowest BCUT2D eigenvalue weighted by Crippen LogP contribution is -2.38. The number of benzene rings is 1. The third kappa shape index (κ3) is 5.98. The molecular formula is C25H35N5O2S. The van der Waals surface area contributed by atoms with E-state index in [1.54, 1.807) is 0 Å². The molecule has 0 unspecified atom stereocenters. The van der Waals surface area contributed by atoms with Crippen molar-refractivity contribution in [1.29, 1.82) is 0 Å². The summed E-state index contributed by atoms with van der Waals surface area (Å²) in [6.07, 6.45) is 7.90. The van der Waals surface area contributed by atoms with Crippen LogP contribution >= 0.6 is 11.8 Å². The largest absolute Gasteiger partial charge is 0.385 e. The Morgan fingerprint density at radius 1 is 1.21 bits per heavy atom. The van der Waals surface area contributed by atoms with E-state index in [4.69, 9.17) is 19.5 Å². The molecule has 1 amide bonds. The number of nitrogens with zero attached hydrogens (tertiary/aromatic N) is 3. The van der Waals surface area contributed by atoms with Gasteiger partial charge in [0.05, 0.1) is 23.7 Å². The van der Waals surface area contributed by atoms with E-state index in [0.29, 0.717) is 0 Å². The Kier molecular flexibility index (Phi) is 8.09. The molecule has 1 aromatic heterocycles. The molecule has 3 N–H and O–H groups in total. The molecule has 2 aromatic rings. The minimum absolute atomic E-state index is 0.197. The van der Waals surface area contributed by atoms with E-state index >= 15 is 0 Å². The van der Waals surface area contributed by atoms with Gasteiger partial charge < -0.3 is 20.7 Å². The van der Waals surface area contributed by atoms with Crippen molar-refractivity contribution in [3.8, 4) is 11.4 Å². The summed E-state index contributed by atoms with van der Waals surface area (Å²) in [5.74, 6) is 1.92. The molecule has 0 bridgehead atoms. The van der Waals surface area contributed by atoms with Gasteiger partial charge in [0.1, 0.15) is 5.82 Å². The van der Waals surface area contributed by atoms with Crippen LogP contribution in [0.1, 0.15) is 51.1 Å². The summed E-state index contributed by atoms with van der Waals surface area (Å²) in [6, 6.07) is 10.9. The van der Waals surface area contributed by atoms with Gasteiger partial charge >= 0.3 is 0 Å². The van der Waals surface area contributed by atoms with Crippen LogP contribution in [0.3, 0.4) is 0 Å². The summed E-state index contributed by atoms with van der Waals surface area (Å²) < 4.78 is 5.77. The summed E-state index contributed by atoms with van der Waals surface area (Å²) in [5.41, 5.74) is 7.66. The van der Waals surface area contributed by atoms with Gasteiger partial charge in [-0.25, -0.2) is 9.97 Å². The van der Waals surface area contributed by atoms with Crippen LogP contribution in [0.4, 0.5) is 11.5 Å². The van der Waals surface area contributed by atoms with Crippen molar-refractivity contribution >= 4 is 29.7 Å². The quantitative estimate of drug-likeness (QED) is 0.560. The molecule has 8 heteroatoms. The van der Waals surface area contributed by atoms with Crippen LogP contribution in [0.2, 0.25) is 0 Å². The number of primary amides is 1. The van der Waals surface area contributed by atoms with Crippen LogP contribution in [0.25, 0.3) is 11.4 Å². The fourth-order valence-corrected chi connectivity index (χ4v) is 5.95. The molecule has 0 radical (unpaired) electrons. The second-order valence-electron chi connectivity index (χ2n) is 8.84. The topological polar surface area (TPSA) is 93.4 Å². The van der Waals surface area contributed by atoms with E-state index in [9.17, 15) is 0 Å². The number of nitrogens with two attached hydrogens (primary N) is 1. The molecule has 3 fully saturated rings. The molecule has 1 aromatic carbocycles. The first-order valence-corrected chi connectivity index (χ1v) is 12.9. The number of morpholine rings is 1. The third-order valence-corrected chi connectivity index (χ3v) is 8.19. The molecule has 0 atom stereocenters. The number of aromatic nitrogens is 2. The van der Waals surface area contributed by atoms with Crippen LogP contribution in [-0.2, 0) is 14.3 Å². The monoisotopic (exact) mass is 469 g/mol. The molecular weight excluding hydrogens is 434 g/mol. The fourth-order valence-electron chi connectivity index (χ4n) is 4.20. The van der Waals surface area contributed by atoms with Crippen molar-refractivity contribution in [2.24, 2.45) is 5.73 Å². The Labute approximate surface area is 200 Å². The summed E-state index contributed by atoms with van der Waals surface area (Å²) in [6.45, 7) is 6.52. The van der Waals surface area contributed by atoms with Gasteiger partial charge in [-0.3, -0.25) is 4.79 Å². The van der Waals surface area contributed by atoms with E-state index in [-0.39, 0.29) is 11.2 Å². The highest BCUT2D eigenvalue weighted by Gasteiger charge is 2.45. The molecule has 2 aliphatic carbocycles. The van der Waals surface area contributed by atoms with E-state index < -0.39 is 0 Å². The molecule has 3 aliphatic rings. The second-order valence-corrected chi connectivity index (χ2v) is 10.5. The van der Waals surface area contributed by atoms with E-state index in [2.05, 4.69) is 65.0 Å². The molecule has 33 heavy (non-hydrogen) atoms. The van der Waals surface area contributed by atoms with Gasteiger partial charge in [-0.05, 0) is 62.8 Å². The van der Waals surface area contributed by atoms with Gasteiger partial charge in [-0.1, -0.05) is 6.92 Å². The Morgan fingerprint density at radius 3 is 2.48 bits per heavy atom. The Bertz CT molecular complexity index is 910. The number of thioether (sulfide) groups is 1. The maximum absolute atomic E-state index is 8.58. The van der Waals surface area contributed by atoms with Gasteiger partial charge in [0.2, 0.25) is 6.41 Å². The Balaban J connectivity index is 0.000000821. The van der Waals surface area contributed by atoms with Crippen LogP contribution in [-0.4, -0.2) is 54.5 Å². The van der Waals surface area contributed by atoms with E-state index in [1.807, 2.05) is 0 Å². The number of amides is 1. The average Bonchev–Trinajstić information content (AvgIpc) is 3.65. The fraction of sp³-hybridized carbons (Fsp3) is 0.560. The van der Waals surface area contributed by atoms with Crippen LogP contribution in [0.15, 0.2) is 30.3 Å². The Morgan fingerprint density at radius 2 is 1.91 bits per heavy atom. The normalized spacial score (nSPS) is 19.1. The number of carbonyl (C=O) groups is 1. The predicted molar refractivity (Wildman–Crippen MR) is 136 cm³/mol. The van der Waals surface area contributed by atoms with Gasteiger partial charge in [-0.15, -0.1) is 11.8 Å². The number of hydrogen-bond donors (Lipinski definition) is 2. The van der Waals surface area contributed by atoms with Crippen LogP contribution in [0.5, 0.6) is 0 Å². The highest BCUT2D eigenvalue weighted by Crippen LogP contribution is 2.57. The third-order valence-electron chi connectivity index (χ3n) is 6.31.